The van der Waals surface area contributed by atoms with Gasteiger partial charge in [-0.25, -0.2) is 0 Å². The molecule has 31 heavy (non-hydrogen) atoms. The van der Waals surface area contributed by atoms with Gasteiger partial charge in [-0.3, -0.25) is 9.69 Å². The van der Waals surface area contributed by atoms with E-state index in [9.17, 15) is 15.2 Å². The van der Waals surface area contributed by atoms with Crippen LogP contribution in [0.25, 0.3) is 0 Å². The number of aliphatic hydroxyl groups is 1. The summed E-state index contributed by atoms with van der Waals surface area (Å²) in [6.07, 6.45) is 0.125. The van der Waals surface area contributed by atoms with Crippen molar-refractivity contribution in [3.63, 3.8) is 0 Å². The van der Waals surface area contributed by atoms with Crippen molar-refractivity contribution in [1.29, 1.82) is 5.26 Å². The number of rotatable bonds is 6. The molecule has 1 fully saturated rings. The predicted molar refractivity (Wildman–Crippen MR) is 118 cm³/mol. The fourth-order valence-corrected chi connectivity index (χ4v) is 5.43. The molecule has 2 aromatic rings. The third-order valence-electron chi connectivity index (χ3n) is 5.53. The summed E-state index contributed by atoms with van der Waals surface area (Å²) in [5.74, 6) is 1.18. The first kappa shape index (κ1) is 21.3. The van der Waals surface area contributed by atoms with Crippen molar-refractivity contribution >= 4 is 17.7 Å². The van der Waals surface area contributed by atoms with Gasteiger partial charge in [0.1, 0.15) is 11.5 Å². The number of amides is 1. The lowest BCUT2D eigenvalue weighted by atomic mass is 9.85. The first-order valence-corrected chi connectivity index (χ1v) is 11.3. The topological polar surface area (TPSA) is 82.8 Å². The second-order valence-electron chi connectivity index (χ2n) is 7.38. The van der Waals surface area contributed by atoms with Crippen LogP contribution in [0, 0.1) is 11.3 Å². The van der Waals surface area contributed by atoms with Gasteiger partial charge in [0.2, 0.25) is 5.91 Å². The molecule has 6 nitrogen and oxygen atoms in total. The van der Waals surface area contributed by atoms with Gasteiger partial charge in [-0.2, -0.15) is 5.26 Å². The molecule has 2 aliphatic heterocycles. The van der Waals surface area contributed by atoms with Gasteiger partial charge in [-0.1, -0.05) is 24.3 Å². The molecule has 0 saturated carbocycles. The monoisotopic (exact) mass is 436 g/mol. The molecule has 0 radical (unpaired) electrons. The average molecular weight is 437 g/mol. The number of benzene rings is 2. The van der Waals surface area contributed by atoms with Gasteiger partial charge in [-0.15, -0.1) is 11.8 Å². The van der Waals surface area contributed by atoms with E-state index in [1.807, 2.05) is 38.1 Å². The molecule has 2 aliphatic rings. The highest BCUT2D eigenvalue weighted by atomic mass is 32.2. The number of allylic oxidation sites excluding steroid dienone is 1. The molecule has 0 bridgehead atoms. The number of thioether (sulfide) groups is 1. The van der Waals surface area contributed by atoms with E-state index < -0.39 is 5.72 Å². The molecule has 0 aliphatic carbocycles. The zero-order chi connectivity index (χ0) is 22.0. The van der Waals surface area contributed by atoms with Crippen LogP contribution in [0.1, 0.15) is 37.3 Å². The van der Waals surface area contributed by atoms with Crippen LogP contribution in [0.4, 0.5) is 0 Å². The van der Waals surface area contributed by atoms with Gasteiger partial charge >= 0.3 is 0 Å². The van der Waals surface area contributed by atoms with Crippen LogP contribution in [0.5, 0.6) is 11.5 Å². The minimum atomic E-state index is -1.49. The van der Waals surface area contributed by atoms with E-state index in [2.05, 4.69) is 6.07 Å². The molecule has 2 heterocycles. The Morgan fingerprint density at radius 2 is 1.68 bits per heavy atom. The maximum Gasteiger partial charge on any atom is 0.231 e. The second kappa shape index (κ2) is 8.66. The number of hydrogen-bond donors (Lipinski definition) is 1. The molecular formula is C24H24N2O4S. The number of ether oxygens (including phenoxy) is 2. The second-order valence-corrected chi connectivity index (χ2v) is 8.35. The van der Waals surface area contributed by atoms with Crippen LogP contribution in [-0.2, 0) is 10.5 Å². The van der Waals surface area contributed by atoms with Crippen molar-refractivity contribution in [3.8, 4) is 17.6 Å². The van der Waals surface area contributed by atoms with Crippen LogP contribution >= 0.6 is 11.8 Å². The number of fused-ring (bicyclic) bond motifs is 1. The molecule has 2 atom stereocenters. The zero-order valence-electron chi connectivity index (χ0n) is 17.5. The molecule has 160 valence electrons. The lowest BCUT2D eigenvalue weighted by molar-refractivity contribution is -0.149. The Hall–Kier alpha value is -2.95. The third-order valence-corrected chi connectivity index (χ3v) is 6.75. The first-order chi connectivity index (χ1) is 15.0. The quantitative estimate of drug-likeness (QED) is 0.733. The highest BCUT2D eigenvalue weighted by Gasteiger charge is 2.51. The largest absolute Gasteiger partial charge is 0.494 e. The predicted octanol–water partition coefficient (Wildman–Crippen LogP) is 4.13. The first-order valence-electron chi connectivity index (χ1n) is 10.3. The summed E-state index contributed by atoms with van der Waals surface area (Å²) in [5, 5.41) is 22.0. The standard InChI is InChI=1S/C24H24N2O4S/c1-3-29-18-9-5-16(6-10-18)20-13-22(27)26-23(21(20)14-25)31-15-24(26,28)17-7-11-19(12-8-17)30-4-2/h5-12,20,28H,3-4,13,15H2,1-2H3/t20-,24+/m1/s1. The number of nitriles is 1. The average Bonchev–Trinajstić information content (AvgIpc) is 3.14. The Balaban J connectivity index is 1.69. The number of nitrogens with zero attached hydrogens (tertiary/aromatic N) is 2. The summed E-state index contributed by atoms with van der Waals surface area (Å²) >= 11 is 1.34. The Morgan fingerprint density at radius 1 is 1.10 bits per heavy atom. The fraction of sp³-hybridized carbons (Fsp3) is 0.333. The molecule has 4 rings (SSSR count). The number of carbonyl (C=O) groups is 1. The summed E-state index contributed by atoms with van der Waals surface area (Å²) in [5.41, 5.74) is 0.505. The zero-order valence-corrected chi connectivity index (χ0v) is 18.3. The smallest absolute Gasteiger partial charge is 0.231 e. The maximum atomic E-state index is 13.2. The van der Waals surface area contributed by atoms with Crippen LogP contribution in [0.2, 0.25) is 0 Å². The molecule has 7 heteroatoms. The minimum Gasteiger partial charge on any atom is -0.494 e. The Labute approximate surface area is 186 Å². The van der Waals surface area contributed by atoms with E-state index in [1.165, 1.54) is 16.7 Å². The van der Waals surface area contributed by atoms with Gasteiger partial charge in [0.05, 0.1) is 35.6 Å². The summed E-state index contributed by atoms with van der Waals surface area (Å²) in [6, 6.07) is 16.9. The van der Waals surface area contributed by atoms with Crippen LogP contribution in [0.15, 0.2) is 59.1 Å². The van der Waals surface area contributed by atoms with Crippen molar-refractivity contribution < 1.29 is 19.4 Å². The van der Waals surface area contributed by atoms with E-state index in [4.69, 9.17) is 9.47 Å². The van der Waals surface area contributed by atoms with Crippen LogP contribution < -0.4 is 9.47 Å². The molecular weight excluding hydrogens is 412 g/mol. The Bertz CT molecular complexity index is 1040. The van der Waals surface area contributed by atoms with Crippen molar-refractivity contribution in [1.82, 2.24) is 4.90 Å². The van der Waals surface area contributed by atoms with Gasteiger partial charge < -0.3 is 14.6 Å². The number of carbonyl (C=O) groups excluding carboxylic acids is 1. The van der Waals surface area contributed by atoms with E-state index in [-0.39, 0.29) is 24.0 Å². The lowest BCUT2D eigenvalue weighted by Crippen LogP contribution is -2.48. The van der Waals surface area contributed by atoms with Crippen molar-refractivity contribution in [2.24, 2.45) is 0 Å². The van der Waals surface area contributed by atoms with E-state index in [0.717, 1.165) is 11.3 Å². The molecule has 1 amide bonds. The van der Waals surface area contributed by atoms with Crippen LogP contribution in [-0.4, -0.2) is 34.9 Å². The summed E-state index contributed by atoms with van der Waals surface area (Å²) < 4.78 is 11.0. The summed E-state index contributed by atoms with van der Waals surface area (Å²) in [6.45, 7) is 4.95. The van der Waals surface area contributed by atoms with E-state index >= 15 is 0 Å². The third kappa shape index (κ3) is 3.78. The van der Waals surface area contributed by atoms with Gasteiger partial charge in [0.25, 0.3) is 0 Å². The van der Waals surface area contributed by atoms with Crippen LogP contribution in [0.3, 0.4) is 0 Å². The normalized spacial score (nSPS) is 22.8. The lowest BCUT2D eigenvalue weighted by Gasteiger charge is -2.38. The fourth-order valence-electron chi connectivity index (χ4n) is 4.07. The highest BCUT2D eigenvalue weighted by molar-refractivity contribution is 8.03. The molecule has 0 spiro atoms. The molecule has 2 aromatic carbocycles. The molecule has 1 saturated heterocycles. The molecule has 1 N–H and O–H groups in total. The summed E-state index contributed by atoms with van der Waals surface area (Å²) in [7, 11) is 0. The van der Waals surface area contributed by atoms with Gasteiger partial charge in [0, 0.05) is 17.9 Å². The van der Waals surface area contributed by atoms with Gasteiger partial charge in [-0.05, 0) is 43.7 Å². The molecule has 0 unspecified atom stereocenters. The van der Waals surface area contributed by atoms with Crippen molar-refractivity contribution in [3.05, 3.63) is 70.3 Å². The van der Waals surface area contributed by atoms with Crippen molar-refractivity contribution in [2.45, 2.75) is 31.9 Å². The Morgan fingerprint density at radius 3 is 2.23 bits per heavy atom. The van der Waals surface area contributed by atoms with E-state index in [1.54, 1.807) is 24.3 Å². The Kier molecular flexibility index (Phi) is 5.94. The molecule has 0 aromatic heterocycles. The summed E-state index contributed by atoms with van der Waals surface area (Å²) in [4.78, 5) is 14.6. The SMILES string of the molecule is CCOc1ccc([C@H]2CC(=O)N3C(=C2C#N)SC[C@]3(O)c2ccc(OCC)cc2)cc1. The maximum absolute atomic E-state index is 13.2. The minimum absolute atomic E-state index is 0.125. The van der Waals surface area contributed by atoms with Crippen molar-refractivity contribution in [2.75, 3.05) is 19.0 Å². The highest BCUT2D eigenvalue weighted by Crippen LogP contribution is 2.51. The van der Waals surface area contributed by atoms with E-state index in [0.29, 0.717) is 35.1 Å². The number of hydrogen-bond acceptors (Lipinski definition) is 6. The van der Waals surface area contributed by atoms with Gasteiger partial charge in [0.15, 0.2) is 5.72 Å².